The fourth-order valence-corrected chi connectivity index (χ4v) is 20.3. The first-order chi connectivity index (χ1) is 50.9. The smallest absolute Gasteiger partial charge is 0.244 e. The van der Waals surface area contributed by atoms with Crippen molar-refractivity contribution < 1.29 is 0 Å². The van der Waals surface area contributed by atoms with Crippen LogP contribution in [0.15, 0.2) is 279 Å². The average molecular weight is 1330 g/mol. The highest BCUT2D eigenvalue weighted by Crippen LogP contribution is 2.45. The number of rotatable bonds is 8. The van der Waals surface area contributed by atoms with Gasteiger partial charge in [0.15, 0.2) is 0 Å². The summed E-state index contributed by atoms with van der Waals surface area (Å²) in [5, 5.41) is 18.3. The molecule has 4 aromatic heterocycles. The van der Waals surface area contributed by atoms with Crippen molar-refractivity contribution in [2.45, 2.75) is 67.2 Å². The predicted molar refractivity (Wildman–Crippen MR) is 448 cm³/mol. The van der Waals surface area contributed by atoms with E-state index in [9.17, 15) is 0 Å². The van der Waals surface area contributed by atoms with E-state index >= 15 is 0 Å². The molecule has 20 aromatic rings. The molecule has 0 radical (unpaired) electrons. The molecule has 2 aliphatic rings. The number of aromatic nitrogens is 4. The maximum atomic E-state index is 2.65. The maximum Gasteiger partial charge on any atom is 0.244 e. The van der Waals surface area contributed by atoms with Crippen molar-refractivity contribution in [3.05, 3.63) is 312 Å². The second-order valence-corrected chi connectivity index (χ2v) is 30.7. The molecule has 6 heterocycles. The molecule has 0 saturated heterocycles. The van der Waals surface area contributed by atoms with Gasteiger partial charge in [-0.3, -0.25) is 0 Å². The normalized spacial score (nSPS) is 12.9. The first-order valence-corrected chi connectivity index (χ1v) is 37.3. The third-order valence-corrected chi connectivity index (χ3v) is 24.5. The van der Waals surface area contributed by atoms with Crippen molar-refractivity contribution in [2.24, 2.45) is 0 Å². The summed E-state index contributed by atoms with van der Waals surface area (Å²) in [5.41, 5.74) is 36.0. The Morgan fingerprint density at radius 1 is 0.221 bits per heavy atom. The van der Waals surface area contributed by atoms with Gasteiger partial charge in [0.05, 0.1) is 44.1 Å². The lowest BCUT2D eigenvalue weighted by Gasteiger charge is -2.26. The van der Waals surface area contributed by atoms with Crippen molar-refractivity contribution in [1.29, 1.82) is 0 Å². The standard InChI is InChI=1S/C98H72B2N4/c1-55(2)77-53-83(99-95-57(5)45-61(101-85-33-17-9-25-65(85)66-26-10-18-34-86(66)101)49-79(95)80-50-62(46-58(6)96(80)99)102-87-35-19-11-27-67(87)68-28-12-20-36-88(68)102)75-44-42-74-78(56(3)4)54-84(76-43-41-73(77)93(75)94(74)76)100-97-59(7)47-63(103-89-37-21-13-29-69(89)70-30-14-22-38-90(70)103)51-81(97)82-52-64(48-60(8)98(82)100)104-91-39-23-15-31-71(91)72-32-16-24-40-92(72)104/h9-56H,1-8H3. The molecule has 0 amide bonds. The van der Waals surface area contributed by atoms with E-state index in [1.807, 2.05) is 0 Å². The zero-order chi connectivity index (χ0) is 69.4. The lowest BCUT2D eigenvalue weighted by molar-refractivity contribution is 0.877. The first kappa shape index (κ1) is 59.6. The fourth-order valence-electron chi connectivity index (χ4n) is 20.3. The minimum Gasteiger partial charge on any atom is -0.309 e. The second kappa shape index (κ2) is 21.7. The quantitative estimate of drug-likeness (QED) is 0.107. The van der Waals surface area contributed by atoms with Crippen LogP contribution in [0.25, 0.3) is 165 Å². The minimum atomic E-state index is -0.0585. The van der Waals surface area contributed by atoms with E-state index < -0.39 is 0 Å². The zero-order valence-corrected chi connectivity index (χ0v) is 59.7. The van der Waals surface area contributed by atoms with Gasteiger partial charge in [-0.25, -0.2) is 0 Å². The summed E-state index contributed by atoms with van der Waals surface area (Å²) >= 11 is 0. The molecular weight excluding hydrogens is 1250 g/mol. The number of fused-ring (bicyclic) bond motifs is 18. The number of hydrogen-bond donors (Lipinski definition) is 0. The van der Waals surface area contributed by atoms with Gasteiger partial charge in [0.25, 0.3) is 0 Å². The van der Waals surface area contributed by atoms with Gasteiger partial charge in [0.1, 0.15) is 0 Å². The topological polar surface area (TPSA) is 19.7 Å². The Labute approximate surface area is 604 Å². The summed E-state index contributed by atoms with van der Waals surface area (Å²) in [4.78, 5) is 0. The molecular formula is C98H72B2N4. The minimum absolute atomic E-state index is 0.0585. The van der Waals surface area contributed by atoms with Crippen LogP contribution in [0.5, 0.6) is 0 Å². The van der Waals surface area contributed by atoms with Gasteiger partial charge in [-0.15, -0.1) is 0 Å². The Morgan fingerprint density at radius 2 is 0.423 bits per heavy atom. The highest BCUT2D eigenvalue weighted by Gasteiger charge is 2.42. The summed E-state index contributed by atoms with van der Waals surface area (Å²) in [6, 6.07) is 107. The molecule has 4 nitrogen and oxygen atoms in total. The van der Waals surface area contributed by atoms with Crippen LogP contribution in [0.2, 0.25) is 0 Å². The number of benzene rings is 16. The molecule has 0 bridgehead atoms. The molecule has 0 atom stereocenters. The molecule has 104 heavy (non-hydrogen) atoms. The third-order valence-electron chi connectivity index (χ3n) is 24.5. The van der Waals surface area contributed by atoms with E-state index in [2.05, 4.69) is 353 Å². The van der Waals surface area contributed by atoms with Gasteiger partial charge in [-0.05, 0) is 202 Å². The van der Waals surface area contributed by atoms with Crippen molar-refractivity contribution in [3.63, 3.8) is 0 Å². The van der Waals surface area contributed by atoms with Crippen molar-refractivity contribution >= 4 is 166 Å². The summed E-state index contributed by atoms with van der Waals surface area (Å²) in [5.74, 6) is 0.484. The fraction of sp³-hybridized carbons (Fsp3) is 0.102. The van der Waals surface area contributed by atoms with Gasteiger partial charge in [0.2, 0.25) is 13.4 Å². The molecule has 16 aromatic carbocycles. The number of hydrogen-bond acceptors (Lipinski definition) is 0. The molecule has 0 saturated carbocycles. The second-order valence-electron chi connectivity index (χ2n) is 30.7. The summed E-state index contributed by atoms with van der Waals surface area (Å²) in [7, 11) is 0. The van der Waals surface area contributed by atoms with Crippen molar-refractivity contribution in [1.82, 2.24) is 18.3 Å². The Morgan fingerprint density at radius 3 is 0.635 bits per heavy atom. The summed E-state index contributed by atoms with van der Waals surface area (Å²) < 4.78 is 10.1. The van der Waals surface area contributed by atoms with E-state index in [4.69, 9.17) is 0 Å². The maximum absolute atomic E-state index is 2.65. The first-order valence-electron chi connectivity index (χ1n) is 37.3. The predicted octanol–water partition coefficient (Wildman–Crippen LogP) is 21.4. The molecule has 0 aliphatic carbocycles. The van der Waals surface area contributed by atoms with Crippen LogP contribution in [-0.2, 0) is 0 Å². The Kier molecular flexibility index (Phi) is 12.4. The van der Waals surface area contributed by atoms with Crippen LogP contribution in [0.1, 0.15) is 72.9 Å². The Bertz CT molecular complexity index is 6200. The van der Waals surface area contributed by atoms with Crippen LogP contribution in [0, 0.1) is 27.7 Å². The Hall–Kier alpha value is -12.1. The lowest BCUT2D eigenvalue weighted by Crippen LogP contribution is -2.51. The zero-order valence-electron chi connectivity index (χ0n) is 59.7. The SMILES string of the molecule is Cc1cc(-n2c3ccccc3c3ccccc32)cc2c1B(c1cc(C(C)C)c3ccc4c(B5c6c(C)cc(-n7c8ccccc8c8ccccc87)cc6-c6cc(-n7c8ccccc8c8ccccc87)cc(C)c65)cc(C(C)C)c5ccc1c3c45)c1c(C)cc(-n3c4ccccc4c4ccccc43)cc1-2. The monoisotopic (exact) mass is 1330 g/mol. The van der Waals surface area contributed by atoms with Gasteiger partial charge < -0.3 is 18.3 Å². The van der Waals surface area contributed by atoms with Crippen LogP contribution in [0.3, 0.4) is 0 Å². The Balaban J connectivity index is 0.813. The number of nitrogens with zero attached hydrogens (tertiary/aromatic N) is 4. The van der Waals surface area contributed by atoms with Crippen LogP contribution in [0.4, 0.5) is 0 Å². The van der Waals surface area contributed by atoms with Gasteiger partial charge >= 0.3 is 0 Å². The van der Waals surface area contributed by atoms with E-state index in [1.165, 1.54) is 231 Å². The summed E-state index contributed by atoms with van der Waals surface area (Å²) in [6.07, 6.45) is 0. The molecule has 0 unspecified atom stereocenters. The van der Waals surface area contributed by atoms with E-state index in [-0.39, 0.29) is 25.3 Å². The van der Waals surface area contributed by atoms with Crippen molar-refractivity contribution in [2.75, 3.05) is 0 Å². The van der Waals surface area contributed by atoms with Gasteiger partial charge in [0, 0.05) is 65.8 Å². The average Bonchev–Trinajstić information content (AvgIpc) is 1.62. The molecule has 0 fully saturated rings. The molecule has 6 heteroatoms. The van der Waals surface area contributed by atoms with Crippen LogP contribution in [-0.4, -0.2) is 31.7 Å². The van der Waals surface area contributed by atoms with Gasteiger partial charge in [-0.2, -0.15) is 0 Å². The number of aryl methyl sites for hydroxylation is 4. The third kappa shape index (κ3) is 8.00. The summed E-state index contributed by atoms with van der Waals surface area (Å²) in [6.45, 7) is 19.2. The molecule has 490 valence electrons. The van der Waals surface area contributed by atoms with Crippen LogP contribution < -0.4 is 32.8 Å². The van der Waals surface area contributed by atoms with E-state index in [0.717, 1.165) is 0 Å². The molecule has 22 rings (SSSR count). The van der Waals surface area contributed by atoms with E-state index in [1.54, 1.807) is 0 Å². The van der Waals surface area contributed by atoms with Crippen LogP contribution >= 0.6 is 0 Å². The molecule has 0 N–H and O–H groups in total. The largest absolute Gasteiger partial charge is 0.309 e. The van der Waals surface area contributed by atoms with Crippen molar-refractivity contribution in [3.8, 4) is 45.0 Å². The van der Waals surface area contributed by atoms with E-state index in [0.29, 0.717) is 0 Å². The van der Waals surface area contributed by atoms with Gasteiger partial charge in [-0.1, -0.05) is 265 Å². The highest BCUT2D eigenvalue weighted by molar-refractivity contribution is 7.02. The molecule has 2 aliphatic heterocycles. The molecule has 0 spiro atoms. The highest BCUT2D eigenvalue weighted by atomic mass is 15.0. The number of para-hydroxylation sites is 8. The lowest BCUT2D eigenvalue weighted by atomic mass is 9.36.